The van der Waals surface area contributed by atoms with Gasteiger partial charge in [0, 0.05) is 49.3 Å². The summed E-state index contributed by atoms with van der Waals surface area (Å²) >= 11 is 0. The molecule has 0 fully saturated rings. The summed E-state index contributed by atoms with van der Waals surface area (Å²) in [4.78, 5) is 12.7. The van der Waals surface area contributed by atoms with Crippen LogP contribution in [0.1, 0.15) is 17.0 Å². The minimum atomic E-state index is -4.57. The molecule has 0 unspecified atom stereocenters. The van der Waals surface area contributed by atoms with E-state index >= 15 is 0 Å². The largest absolute Gasteiger partial charge is 0.435 e. The normalized spacial score (nSPS) is 14.1. The summed E-state index contributed by atoms with van der Waals surface area (Å²) in [6.07, 6.45) is -2.24. The van der Waals surface area contributed by atoms with Crippen LogP contribution < -0.4 is 10.9 Å². The number of rotatable bonds is 2. The van der Waals surface area contributed by atoms with E-state index in [2.05, 4.69) is 25.2 Å². The lowest BCUT2D eigenvalue weighted by Crippen LogP contribution is -2.24. The molecule has 31 heavy (non-hydrogen) atoms. The number of aryl methyl sites for hydroxylation is 1. The lowest BCUT2D eigenvalue weighted by Gasteiger charge is -2.14. The molecule has 0 aliphatic carbocycles. The third kappa shape index (κ3) is 3.28. The number of hydrogen-bond acceptors (Lipinski definition) is 5. The van der Waals surface area contributed by atoms with Gasteiger partial charge < -0.3 is 9.88 Å². The van der Waals surface area contributed by atoms with E-state index in [1.807, 2.05) is 25.2 Å². The number of aromatic nitrogens is 5. The third-order valence-corrected chi connectivity index (χ3v) is 5.56. The Morgan fingerprint density at radius 3 is 2.65 bits per heavy atom. The van der Waals surface area contributed by atoms with Crippen molar-refractivity contribution < 1.29 is 13.2 Å². The van der Waals surface area contributed by atoms with Gasteiger partial charge in [0.05, 0.1) is 23.1 Å². The van der Waals surface area contributed by atoms with Crippen LogP contribution in [0.3, 0.4) is 0 Å². The average molecular weight is 426 g/mol. The van der Waals surface area contributed by atoms with Crippen molar-refractivity contribution in [2.75, 3.05) is 6.54 Å². The molecule has 10 heteroatoms. The van der Waals surface area contributed by atoms with Gasteiger partial charge in [-0.25, -0.2) is 0 Å². The van der Waals surface area contributed by atoms with Gasteiger partial charge in [0.1, 0.15) is 0 Å². The number of nitrogens with one attached hydrogen (secondary N) is 1. The molecule has 1 N–H and O–H groups in total. The molecule has 1 aliphatic heterocycles. The summed E-state index contributed by atoms with van der Waals surface area (Å²) in [5, 5.41) is 15.5. The second-order valence-corrected chi connectivity index (χ2v) is 7.41. The topological polar surface area (TPSA) is 77.6 Å². The molecule has 0 bridgehead atoms. The van der Waals surface area contributed by atoms with Gasteiger partial charge >= 0.3 is 6.18 Å². The van der Waals surface area contributed by atoms with Gasteiger partial charge in [0.2, 0.25) is 0 Å². The number of alkyl halides is 3. The van der Waals surface area contributed by atoms with E-state index < -0.39 is 17.4 Å². The Labute approximate surface area is 174 Å². The molecule has 1 aromatic carbocycles. The highest BCUT2D eigenvalue weighted by Crippen LogP contribution is 2.29. The van der Waals surface area contributed by atoms with Crippen LogP contribution >= 0.6 is 0 Å². The molecule has 158 valence electrons. The number of benzene rings is 1. The molecule has 3 aromatic heterocycles. The molecule has 0 amide bonds. The first-order valence-electron chi connectivity index (χ1n) is 9.65. The third-order valence-electron chi connectivity index (χ3n) is 5.56. The first-order valence-corrected chi connectivity index (χ1v) is 9.65. The van der Waals surface area contributed by atoms with Gasteiger partial charge in [-0.3, -0.25) is 4.79 Å². The maximum Gasteiger partial charge on any atom is 0.435 e. The van der Waals surface area contributed by atoms with E-state index in [1.165, 1.54) is 34.3 Å². The van der Waals surface area contributed by atoms with Gasteiger partial charge in [-0.15, -0.1) is 10.2 Å². The van der Waals surface area contributed by atoms with E-state index in [1.54, 1.807) is 0 Å². The van der Waals surface area contributed by atoms with Gasteiger partial charge in [-0.2, -0.15) is 23.0 Å². The molecule has 4 aromatic rings. The van der Waals surface area contributed by atoms with Crippen molar-refractivity contribution in [3.63, 3.8) is 0 Å². The summed E-state index contributed by atoms with van der Waals surface area (Å²) in [7, 11) is 2.01. The fraction of sp³-hybridized carbons (Fsp3) is 0.238. The molecule has 0 atom stereocenters. The Morgan fingerprint density at radius 2 is 1.94 bits per heavy atom. The standard InChI is InChI=1S/C21H17F3N6O/c1-29-17-6-7-25-11-15(17)14-3-2-13(9-18(14)29)30-20(31)8-12(10-26-30)16-4-5-19(28-27-16)21(22,23)24/h2-5,8-10,25H,6-7,11H2,1H3. The maximum atomic E-state index is 12.7. The predicted molar refractivity (Wildman–Crippen MR) is 108 cm³/mol. The highest BCUT2D eigenvalue weighted by molar-refractivity contribution is 5.87. The van der Waals surface area contributed by atoms with Crippen LogP contribution in [0.4, 0.5) is 13.2 Å². The van der Waals surface area contributed by atoms with Gasteiger partial charge in [0.25, 0.3) is 5.56 Å². The Bertz CT molecular complexity index is 1350. The Kier molecular flexibility index (Phi) is 4.40. The first kappa shape index (κ1) is 19.4. The average Bonchev–Trinajstić information content (AvgIpc) is 3.05. The van der Waals surface area contributed by atoms with E-state index in [0.717, 1.165) is 36.5 Å². The molecule has 0 spiro atoms. The minimum Gasteiger partial charge on any atom is -0.347 e. The monoisotopic (exact) mass is 426 g/mol. The van der Waals surface area contributed by atoms with Crippen molar-refractivity contribution in [1.29, 1.82) is 0 Å². The summed E-state index contributed by atoms with van der Waals surface area (Å²) < 4.78 is 41.4. The Hall–Kier alpha value is -3.53. The second-order valence-electron chi connectivity index (χ2n) is 7.41. The van der Waals surface area contributed by atoms with Crippen molar-refractivity contribution in [2.45, 2.75) is 19.1 Å². The molecular formula is C21H17F3N6O. The molecule has 0 saturated heterocycles. The van der Waals surface area contributed by atoms with Crippen LogP contribution in [-0.4, -0.2) is 31.1 Å². The number of fused-ring (bicyclic) bond motifs is 3. The van der Waals surface area contributed by atoms with Crippen molar-refractivity contribution in [3.05, 3.63) is 69.9 Å². The highest BCUT2D eigenvalue weighted by Gasteiger charge is 2.33. The van der Waals surface area contributed by atoms with E-state index in [4.69, 9.17) is 0 Å². The molecule has 0 radical (unpaired) electrons. The smallest absolute Gasteiger partial charge is 0.347 e. The molecule has 7 nitrogen and oxygen atoms in total. The molecule has 5 rings (SSSR count). The summed E-state index contributed by atoms with van der Waals surface area (Å²) in [5.74, 6) is 0. The van der Waals surface area contributed by atoms with Crippen LogP contribution in [0, 0.1) is 0 Å². The molecular weight excluding hydrogens is 409 g/mol. The van der Waals surface area contributed by atoms with Crippen LogP contribution in [0.15, 0.2) is 47.4 Å². The predicted octanol–water partition coefficient (Wildman–Crippen LogP) is 2.85. The molecule has 4 heterocycles. The zero-order valence-electron chi connectivity index (χ0n) is 16.4. The van der Waals surface area contributed by atoms with Crippen molar-refractivity contribution >= 4 is 10.9 Å². The van der Waals surface area contributed by atoms with E-state index in [0.29, 0.717) is 11.3 Å². The van der Waals surface area contributed by atoms with Gasteiger partial charge in [-0.1, -0.05) is 6.07 Å². The fourth-order valence-corrected chi connectivity index (χ4v) is 4.00. The maximum absolute atomic E-state index is 12.7. The number of halogens is 3. The minimum absolute atomic E-state index is 0.141. The van der Waals surface area contributed by atoms with Crippen LogP contribution in [-0.2, 0) is 26.2 Å². The fourth-order valence-electron chi connectivity index (χ4n) is 4.00. The number of hydrogen-bond donors (Lipinski definition) is 1. The zero-order chi connectivity index (χ0) is 21.8. The van der Waals surface area contributed by atoms with Gasteiger partial charge in [0.15, 0.2) is 5.69 Å². The first-order chi connectivity index (χ1) is 14.8. The molecule has 0 saturated carbocycles. The highest BCUT2D eigenvalue weighted by atomic mass is 19.4. The van der Waals surface area contributed by atoms with Crippen LogP contribution in [0.5, 0.6) is 0 Å². The van der Waals surface area contributed by atoms with Crippen molar-refractivity contribution in [3.8, 4) is 16.9 Å². The van der Waals surface area contributed by atoms with Crippen LogP contribution in [0.25, 0.3) is 27.8 Å². The van der Waals surface area contributed by atoms with E-state index in [-0.39, 0.29) is 5.69 Å². The van der Waals surface area contributed by atoms with Gasteiger partial charge in [-0.05, 0) is 29.8 Å². The zero-order valence-corrected chi connectivity index (χ0v) is 16.4. The molecule has 1 aliphatic rings. The SMILES string of the molecule is Cn1c2c(c3ccc(-n4ncc(-c5ccc(C(F)(F)F)nn5)cc4=O)cc31)CNCC2. The van der Waals surface area contributed by atoms with E-state index in [9.17, 15) is 18.0 Å². The van der Waals surface area contributed by atoms with Crippen molar-refractivity contribution in [1.82, 2.24) is 29.9 Å². The summed E-state index contributed by atoms with van der Waals surface area (Å²) in [5.41, 5.74) is 3.09. The van der Waals surface area contributed by atoms with Crippen molar-refractivity contribution in [2.24, 2.45) is 7.05 Å². The van der Waals surface area contributed by atoms with Crippen LogP contribution in [0.2, 0.25) is 0 Å². The lowest BCUT2D eigenvalue weighted by atomic mass is 10.1. The number of nitrogens with zero attached hydrogens (tertiary/aromatic N) is 5. The second kappa shape index (κ2) is 7.02. The Morgan fingerprint density at radius 1 is 1.10 bits per heavy atom. The summed E-state index contributed by atoms with van der Waals surface area (Å²) in [6, 6.07) is 9.02. The lowest BCUT2D eigenvalue weighted by molar-refractivity contribution is -0.141. The Balaban J connectivity index is 1.52. The summed E-state index contributed by atoms with van der Waals surface area (Å²) in [6.45, 7) is 1.74. The quantitative estimate of drug-likeness (QED) is 0.534.